The van der Waals surface area contributed by atoms with Gasteiger partial charge in [0.15, 0.2) is 5.60 Å². The zero-order valence-electron chi connectivity index (χ0n) is 15.2. The van der Waals surface area contributed by atoms with Crippen LogP contribution in [0.25, 0.3) is 5.78 Å². The molecule has 2 amide bonds. The lowest BCUT2D eigenvalue weighted by atomic mass is 10.0. The van der Waals surface area contributed by atoms with Crippen LogP contribution in [-0.4, -0.2) is 73.7 Å². The van der Waals surface area contributed by atoms with Crippen LogP contribution in [0.5, 0.6) is 0 Å². The number of nitrogens with zero attached hydrogens (tertiary/aromatic N) is 6. The van der Waals surface area contributed by atoms with E-state index in [9.17, 15) is 9.59 Å². The maximum absolute atomic E-state index is 12.7. The van der Waals surface area contributed by atoms with Gasteiger partial charge in [-0.3, -0.25) is 4.79 Å². The average Bonchev–Trinajstić information content (AvgIpc) is 3.27. The lowest BCUT2D eigenvalue weighted by molar-refractivity contribution is -0.130. The second kappa shape index (κ2) is 5.93. The van der Waals surface area contributed by atoms with Gasteiger partial charge in [0.05, 0.1) is 13.1 Å². The van der Waals surface area contributed by atoms with Gasteiger partial charge in [0.25, 0.3) is 5.78 Å². The molecule has 2 saturated heterocycles. The Morgan fingerprint density at radius 1 is 1.35 bits per heavy atom. The van der Waals surface area contributed by atoms with Crippen molar-refractivity contribution in [1.82, 2.24) is 29.4 Å². The number of aromatic nitrogens is 4. The normalized spacial score (nSPS) is 22.7. The molecule has 138 valence electrons. The standard InChI is InChI=1S/C17H22N6O3/c1-11-13(12(2)23-15(20-11)18-10-19-23)4-5-14(24)22-7-6-17(9-22)8-21(3)16(25)26-17/h10H,4-9H2,1-3H3/t17-/m1/s1. The predicted octanol–water partition coefficient (Wildman–Crippen LogP) is 0.727. The summed E-state index contributed by atoms with van der Waals surface area (Å²) in [6.45, 7) is 5.54. The second-order valence-electron chi connectivity index (χ2n) is 7.21. The minimum absolute atomic E-state index is 0.0740. The lowest BCUT2D eigenvalue weighted by Crippen LogP contribution is -2.39. The molecule has 0 bridgehead atoms. The van der Waals surface area contributed by atoms with Crippen LogP contribution in [0.3, 0.4) is 0 Å². The first-order chi connectivity index (χ1) is 12.4. The number of fused-ring (bicyclic) bond motifs is 1. The summed E-state index contributed by atoms with van der Waals surface area (Å²) in [5.41, 5.74) is 2.33. The molecule has 0 aromatic carbocycles. The SMILES string of the molecule is Cc1nc2ncnn2c(C)c1CCC(=O)N1CC[C@@]2(CN(C)C(=O)O2)C1. The third-order valence-electron chi connectivity index (χ3n) is 5.39. The van der Waals surface area contributed by atoms with Crippen molar-refractivity contribution in [3.8, 4) is 0 Å². The molecule has 9 nitrogen and oxygen atoms in total. The molecule has 2 aromatic heterocycles. The number of likely N-dealkylation sites (tertiary alicyclic amines) is 1. The molecule has 9 heteroatoms. The molecule has 2 aliphatic rings. The van der Waals surface area contributed by atoms with Gasteiger partial charge in [-0.25, -0.2) is 14.3 Å². The van der Waals surface area contributed by atoms with E-state index in [1.165, 1.54) is 6.33 Å². The minimum atomic E-state index is -0.533. The van der Waals surface area contributed by atoms with E-state index < -0.39 is 5.60 Å². The van der Waals surface area contributed by atoms with E-state index in [2.05, 4.69) is 15.1 Å². The molecule has 2 aromatic rings. The molecular weight excluding hydrogens is 336 g/mol. The third-order valence-corrected chi connectivity index (χ3v) is 5.39. The van der Waals surface area contributed by atoms with Gasteiger partial charge in [0.2, 0.25) is 5.91 Å². The molecule has 4 rings (SSSR count). The molecule has 26 heavy (non-hydrogen) atoms. The Morgan fingerprint density at radius 2 is 2.15 bits per heavy atom. The second-order valence-corrected chi connectivity index (χ2v) is 7.21. The van der Waals surface area contributed by atoms with Gasteiger partial charge >= 0.3 is 6.09 Å². The highest BCUT2D eigenvalue weighted by molar-refractivity contribution is 5.77. The summed E-state index contributed by atoms with van der Waals surface area (Å²) in [7, 11) is 1.72. The van der Waals surface area contributed by atoms with E-state index >= 15 is 0 Å². The van der Waals surface area contributed by atoms with Crippen molar-refractivity contribution in [2.24, 2.45) is 0 Å². The van der Waals surface area contributed by atoms with Gasteiger partial charge in [-0.15, -0.1) is 0 Å². The van der Waals surface area contributed by atoms with Crippen LogP contribution in [0.4, 0.5) is 4.79 Å². The zero-order valence-corrected chi connectivity index (χ0v) is 15.2. The first-order valence-corrected chi connectivity index (χ1v) is 8.76. The fraction of sp³-hybridized carbons (Fsp3) is 0.588. The third kappa shape index (κ3) is 2.67. The van der Waals surface area contributed by atoms with Gasteiger partial charge in [-0.2, -0.15) is 10.1 Å². The number of carbonyl (C=O) groups is 2. The summed E-state index contributed by atoms with van der Waals surface area (Å²) in [5, 5.41) is 4.18. The van der Waals surface area contributed by atoms with Crippen molar-refractivity contribution in [1.29, 1.82) is 0 Å². The smallest absolute Gasteiger partial charge is 0.410 e. The van der Waals surface area contributed by atoms with Crippen molar-refractivity contribution < 1.29 is 14.3 Å². The van der Waals surface area contributed by atoms with Gasteiger partial charge in [-0.1, -0.05) is 0 Å². The van der Waals surface area contributed by atoms with Crippen molar-refractivity contribution in [2.45, 2.75) is 38.7 Å². The Balaban J connectivity index is 1.43. The minimum Gasteiger partial charge on any atom is -0.439 e. The molecule has 0 saturated carbocycles. The average molecular weight is 358 g/mol. The summed E-state index contributed by atoms with van der Waals surface area (Å²) in [6.07, 6.45) is 2.86. The maximum Gasteiger partial charge on any atom is 0.410 e. The van der Waals surface area contributed by atoms with Crippen LogP contribution in [0.1, 0.15) is 29.8 Å². The van der Waals surface area contributed by atoms with Crippen molar-refractivity contribution in [3.63, 3.8) is 0 Å². The molecule has 1 spiro atoms. The van der Waals surface area contributed by atoms with E-state index in [-0.39, 0.29) is 12.0 Å². The summed E-state index contributed by atoms with van der Waals surface area (Å²) in [5.74, 6) is 0.647. The Bertz CT molecular complexity index is 894. The Kier molecular flexibility index (Phi) is 3.82. The van der Waals surface area contributed by atoms with Crippen LogP contribution in [0.15, 0.2) is 6.33 Å². The van der Waals surface area contributed by atoms with Crippen LogP contribution < -0.4 is 0 Å². The summed E-state index contributed by atoms with van der Waals surface area (Å²) in [4.78, 5) is 36.3. The van der Waals surface area contributed by atoms with Gasteiger partial charge in [-0.05, 0) is 25.8 Å². The predicted molar refractivity (Wildman–Crippen MR) is 91.6 cm³/mol. The molecule has 4 heterocycles. The number of carbonyl (C=O) groups excluding carboxylic acids is 2. The van der Waals surface area contributed by atoms with Crippen LogP contribution >= 0.6 is 0 Å². The lowest BCUT2D eigenvalue weighted by Gasteiger charge is -2.22. The monoisotopic (exact) mass is 358 g/mol. The van der Waals surface area contributed by atoms with E-state index in [4.69, 9.17) is 4.74 Å². The molecule has 0 aliphatic carbocycles. The highest BCUT2D eigenvalue weighted by Crippen LogP contribution is 2.32. The van der Waals surface area contributed by atoms with Gasteiger partial charge in [0, 0.05) is 37.8 Å². The Labute approximate surface area is 151 Å². The van der Waals surface area contributed by atoms with Crippen LogP contribution in [-0.2, 0) is 16.0 Å². The van der Waals surface area contributed by atoms with Crippen LogP contribution in [0, 0.1) is 13.8 Å². The molecule has 2 fully saturated rings. The number of likely N-dealkylation sites (N-methyl/N-ethyl adjacent to an activating group) is 1. The zero-order chi connectivity index (χ0) is 18.5. The van der Waals surface area contributed by atoms with Crippen molar-refractivity contribution in [2.75, 3.05) is 26.7 Å². The highest BCUT2D eigenvalue weighted by Gasteiger charge is 2.49. The first kappa shape index (κ1) is 16.7. The Morgan fingerprint density at radius 3 is 2.88 bits per heavy atom. The number of rotatable bonds is 3. The maximum atomic E-state index is 12.7. The largest absolute Gasteiger partial charge is 0.439 e. The quantitative estimate of drug-likeness (QED) is 0.803. The molecule has 2 aliphatic heterocycles. The molecule has 0 radical (unpaired) electrons. The molecule has 0 N–H and O–H groups in total. The highest BCUT2D eigenvalue weighted by atomic mass is 16.6. The van der Waals surface area contributed by atoms with Crippen LogP contribution in [0.2, 0.25) is 0 Å². The molecule has 1 atom stereocenters. The fourth-order valence-corrected chi connectivity index (χ4v) is 3.97. The Hall–Kier alpha value is -2.71. The number of amides is 2. The van der Waals surface area contributed by atoms with Gasteiger partial charge in [0.1, 0.15) is 6.33 Å². The van der Waals surface area contributed by atoms with E-state index in [0.717, 1.165) is 17.0 Å². The van der Waals surface area contributed by atoms with E-state index in [0.29, 0.717) is 44.7 Å². The summed E-state index contributed by atoms with van der Waals surface area (Å²) in [6, 6.07) is 0. The number of ether oxygens (including phenoxy) is 1. The van der Waals surface area contributed by atoms with Crippen molar-refractivity contribution in [3.05, 3.63) is 23.3 Å². The van der Waals surface area contributed by atoms with Gasteiger partial charge < -0.3 is 14.5 Å². The first-order valence-electron chi connectivity index (χ1n) is 8.76. The summed E-state index contributed by atoms with van der Waals surface area (Å²) >= 11 is 0. The van der Waals surface area contributed by atoms with E-state index in [1.54, 1.807) is 21.4 Å². The number of hydrogen-bond acceptors (Lipinski definition) is 6. The number of hydrogen-bond donors (Lipinski definition) is 0. The number of aryl methyl sites for hydroxylation is 2. The van der Waals surface area contributed by atoms with Crippen molar-refractivity contribution >= 4 is 17.8 Å². The molecular formula is C17H22N6O3. The fourth-order valence-electron chi connectivity index (χ4n) is 3.97. The summed E-state index contributed by atoms with van der Waals surface area (Å²) < 4.78 is 7.21. The van der Waals surface area contributed by atoms with E-state index in [1.807, 2.05) is 13.8 Å². The topological polar surface area (TPSA) is 92.9 Å². The molecule has 0 unspecified atom stereocenters.